The molecule has 1 rings (SSSR count). The Balaban J connectivity index is 2.70. The van der Waals surface area contributed by atoms with Crippen molar-refractivity contribution in [3.63, 3.8) is 0 Å². The van der Waals surface area contributed by atoms with Crippen LogP contribution in [0.1, 0.15) is 20.8 Å². The third kappa shape index (κ3) is 3.53. The molecule has 19 heavy (non-hydrogen) atoms. The zero-order valence-electron chi connectivity index (χ0n) is 12.4. The molecule has 3 atom stereocenters. The smallest absolute Gasteiger partial charge is 0.343 e. The highest BCUT2D eigenvalue weighted by Gasteiger charge is 2.49. The molecule has 0 aromatic heterocycles. The molecule has 0 aromatic rings. The van der Waals surface area contributed by atoms with Crippen molar-refractivity contribution in [3.8, 4) is 0 Å². The van der Waals surface area contributed by atoms with Crippen LogP contribution in [-0.2, 0) is 14.0 Å². The lowest BCUT2D eigenvalue weighted by Gasteiger charge is -2.37. The summed E-state index contributed by atoms with van der Waals surface area (Å²) in [7, 11) is -0.691. The largest absolute Gasteiger partial charge is 0.456 e. The highest BCUT2D eigenvalue weighted by atomic mass is 28.4. The van der Waals surface area contributed by atoms with Crippen molar-refractivity contribution in [3.05, 3.63) is 0 Å². The number of carbonyl (C=O) groups excluding carboxylic acids is 1. The molecule has 112 valence electrons. The van der Waals surface area contributed by atoms with Crippen LogP contribution in [0.25, 0.3) is 0 Å². The quantitative estimate of drug-likeness (QED) is 0.488. The van der Waals surface area contributed by atoms with Crippen LogP contribution in [0.2, 0.25) is 18.1 Å². The predicted molar refractivity (Wildman–Crippen MR) is 71.3 cm³/mol. The first-order valence-corrected chi connectivity index (χ1v) is 9.28. The molecule has 0 spiro atoms. The van der Waals surface area contributed by atoms with E-state index < -0.39 is 32.6 Å². The SMILES string of the molecule is CN(O)[C@H]1[C@H](F)C(=O)O[C@@H]1CO[Si](C)(C)C(C)(C)C. The molecule has 0 unspecified atom stereocenters. The Morgan fingerprint density at radius 3 is 2.42 bits per heavy atom. The Morgan fingerprint density at radius 2 is 2.00 bits per heavy atom. The highest BCUT2D eigenvalue weighted by Crippen LogP contribution is 2.37. The van der Waals surface area contributed by atoms with Gasteiger partial charge < -0.3 is 14.4 Å². The monoisotopic (exact) mass is 293 g/mol. The van der Waals surface area contributed by atoms with Crippen LogP contribution in [0, 0.1) is 0 Å². The number of alkyl halides is 1. The fraction of sp³-hybridized carbons (Fsp3) is 0.917. The standard InChI is InChI=1S/C12H24FNO4Si/c1-12(2,3)19(5,6)17-7-8-10(14(4)16)9(13)11(15)18-8/h8-10,16H,7H2,1-6H3/t8-,9+,10-/m1/s1. The summed E-state index contributed by atoms with van der Waals surface area (Å²) in [6.07, 6.45) is -2.60. The summed E-state index contributed by atoms with van der Waals surface area (Å²) >= 11 is 0. The maximum atomic E-state index is 13.6. The van der Waals surface area contributed by atoms with Gasteiger partial charge in [-0.1, -0.05) is 20.8 Å². The maximum absolute atomic E-state index is 13.6. The van der Waals surface area contributed by atoms with Gasteiger partial charge in [-0.05, 0) is 18.1 Å². The van der Waals surface area contributed by atoms with Crippen LogP contribution < -0.4 is 0 Å². The minimum absolute atomic E-state index is 0.0192. The zero-order chi connectivity index (χ0) is 15.0. The number of esters is 1. The number of halogens is 1. The number of cyclic esters (lactones) is 1. The van der Waals surface area contributed by atoms with E-state index in [1.807, 2.05) is 0 Å². The lowest BCUT2D eigenvalue weighted by molar-refractivity contribution is -0.146. The van der Waals surface area contributed by atoms with Crippen molar-refractivity contribution >= 4 is 14.3 Å². The number of hydrogen-bond donors (Lipinski definition) is 1. The number of nitrogens with zero attached hydrogens (tertiary/aromatic N) is 1. The van der Waals surface area contributed by atoms with Gasteiger partial charge in [-0.3, -0.25) is 0 Å². The van der Waals surface area contributed by atoms with E-state index in [-0.39, 0.29) is 11.6 Å². The molecule has 1 heterocycles. The van der Waals surface area contributed by atoms with Crippen LogP contribution in [0.3, 0.4) is 0 Å². The summed E-state index contributed by atoms with van der Waals surface area (Å²) in [5, 5.41) is 10.1. The summed E-state index contributed by atoms with van der Waals surface area (Å²) in [5.41, 5.74) is 0. The first-order chi connectivity index (χ1) is 8.47. The maximum Gasteiger partial charge on any atom is 0.343 e. The molecule has 0 amide bonds. The second-order valence-electron chi connectivity index (χ2n) is 6.51. The van der Waals surface area contributed by atoms with E-state index >= 15 is 0 Å². The number of carbonyl (C=O) groups is 1. The molecule has 0 aromatic carbocycles. The Bertz CT molecular complexity index is 343. The van der Waals surface area contributed by atoms with Gasteiger partial charge in [0, 0.05) is 7.05 Å². The summed E-state index contributed by atoms with van der Waals surface area (Å²) < 4.78 is 24.5. The molecule has 1 aliphatic heterocycles. The Morgan fingerprint density at radius 1 is 1.47 bits per heavy atom. The molecule has 5 nitrogen and oxygen atoms in total. The lowest BCUT2D eigenvalue weighted by atomic mass is 10.1. The first kappa shape index (κ1) is 16.6. The average Bonchev–Trinajstić information content (AvgIpc) is 2.50. The molecule has 7 heteroatoms. The van der Waals surface area contributed by atoms with Gasteiger partial charge in [-0.15, -0.1) is 0 Å². The van der Waals surface area contributed by atoms with E-state index in [1.54, 1.807) is 0 Å². The van der Waals surface area contributed by atoms with Gasteiger partial charge >= 0.3 is 5.97 Å². The van der Waals surface area contributed by atoms with Gasteiger partial charge in [-0.25, -0.2) is 9.18 Å². The van der Waals surface area contributed by atoms with E-state index in [0.29, 0.717) is 5.06 Å². The number of rotatable bonds is 4. The van der Waals surface area contributed by atoms with Gasteiger partial charge in [0.25, 0.3) is 0 Å². The lowest BCUT2D eigenvalue weighted by Crippen LogP contribution is -2.47. The molecular weight excluding hydrogens is 269 g/mol. The van der Waals surface area contributed by atoms with E-state index in [1.165, 1.54) is 7.05 Å². The summed E-state index contributed by atoms with van der Waals surface area (Å²) in [5.74, 6) is -0.935. The van der Waals surface area contributed by atoms with E-state index in [4.69, 9.17) is 9.16 Å². The van der Waals surface area contributed by atoms with Crippen LogP contribution in [0.15, 0.2) is 0 Å². The van der Waals surface area contributed by atoms with Crippen LogP contribution in [0.5, 0.6) is 0 Å². The summed E-state index contributed by atoms with van der Waals surface area (Å²) in [4.78, 5) is 11.2. The Kier molecular flexibility index (Phi) is 4.77. The highest BCUT2D eigenvalue weighted by molar-refractivity contribution is 6.74. The summed E-state index contributed by atoms with van der Waals surface area (Å²) in [6, 6.07) is -1.00. The normalized spacial score (nSPS) is 28.9. The molecule has 1 aliphatic rings. The molecule has 0 saturated carbocycles. The van der Waals surface area contributed by atoms with Gasteiger partial charge in [0.2, 0.25) is 6.17 Å². The second kappa shape index (κ2) is 5.47. The molecule has 0 aliphatic carbocycles. The van der Waals surface area contributed by atoms with Gasteiger partial charge in [0.05, 0.1) is 6.61 Å². The third-order valence-electron chi connectivity index (χ3n) is 4.02. The molecule has 1 fully saturated rings. The van der Waals surface area contributed by atoms with Crippen molar-refractivity contribution in [1.82, 2.24) is 5.06 Å². The molecule has 1 saturated heterocycles. The summed E-state index contributed by atoms with van der Waals surface area (Å²) in [6.45, 7) is 10.5. The van der Waals surface area contributed by atoms with Crippen molar-refractivity contribution in [2.24, 2.45) is 0 Å². The van der Waals surface area contributed by atoms with Gasteiger partial charge in [0.15, 0.2) is 8.32 Å². The average molecular weight is 293 g/mol. The van der Waals surface area contributed by atoms with E-state index in [2.05, 4.69) is 33.9 Å². The predicted octanol–water partition coefficient (Wildman–Crippen LogP) is 1.96. The fourth-order valence-electron chi connectivity index (χ4n) is 1.68. The number of hydrogen-bond acceptors (Lipinski definition) is 5. The fourth-order valence-corrected chi connectivity index (χ4v) is 2.70. The molecular formula is C12H24FNO4Si. The van der Waals surface area contributed by atoms with Gasteiger partial charge in [0.1, 0.15) is 12.1 Å². The number of likely N-dealkylation sites (N-methyl/N-ethyl adjacent to an activating group) is 1. The van der Waals surface area contributed by atoms with E-state index in [0.717, 1.165) is 0 Å². The minimum Gasteiger partial charge on any atom is -0.456 e. The van der Waals surface area contributed by atoms with Gasteiger partial charge in [-0.2, -0.15) is 5.06 Å². The molecule has 1 N–H and O–H groups in total. The van der Waals surface area contributed by atoms with Crippen molar-refractivity contribution in [2.45, 2.75) is 57.2 Å². The van der Waals surface area contributed by atoms with Crippen LogP contribution in [0.4, 0.5) is 4.39 Å². The second-order valence-corrected chi connectivity index (χ2v) is 11.3. The van der Waals surface area contributed by atoms with Crippen molar-refractivity contribution in [1.29, 1.82) is 0 Å². The van der Waals surface area contributed by atoms with E-state index in [9.17, 15) is 14.4 Å². The molecule has 0 bridgehead atoms. The number of hydroxylamine groups is 2. The zero-order valence-corrected chi connectivity index (χ0v) is 13.4. The van der Waals surface area contributed by atoms with Crippen LogP contribution >= 0.6 is 0 Å². The number of ether oxygens (including phenoxy) is 1. The van der Waals surface area contributed by atoms with Crippen molar-refractivity contribution < 1.29 is 23.6 Å². The Labute approximate surface area is 114 Å². The molecule has 0 radical (unpaired) electrons. The first-order valence-electron chi connectivity index (χ1n) is 6.37. The Hall–Kier alpha value is -0.503. The van der Waals surface area contributed by atoms with Crippen molar-refractivity contribution in [2.75, 3.05) is 13.7 Å². The topological polar surface area (TPSA) is 59.0 Å². The minimum atomic E-state index is -1.99. The van der Waals surface area contributed by atoms with Crippen LogP contribution in [-0.4, -0.2) is 56.5 Å². The third-order valence-corrected chi connectivity index (χ3v) is 8.52.